The molecule has 0 bridgehead atoms. The van der Waals surface area contributed by atoms with Crippen LogP contribution in [0.25, 0.3) is 0 Å². The van der Waals surface area contributed by atoms with Gasteiger partial charge < -0.3 is 10.2 Å². The van der Waals surface area contributed by atoms with E-state index in [9.17, 15) is 0 Å². The summed E-state index contributed by atoms with van der Waals surface area (Å²) in [6, 6.07) is 7.85. The molecule has 0 aromatic heterocycles. The third kappa shape index (κ3) is 6.29. The molecule has 1 rings (SSSR count). The zero-order valence-corrected chi connectivity index (χ0v) is 14.5. The molecule has 0 unspecified atom stereocenters. The van der Waals surface area contributed by atoms with E-state index in [0.29, 0.717) is 6.54 Å². The van der Waals surface area contributed by atoms with Gasteiger partial charge in [-0.05, 0) is 18.6 Å². The second kappa shape index (κ2) is 10.1. The lowest BCUT2D eigenvalue weighted by Crippen LogP contribution is -2.38. The molecule has 0 atom stereocenters. The van der Waals surface area contributed by atoms with Crippen molar-refractivity contribution >= 4 is 41.5 Å². The third-order valence-corrected chi connectivity index (χ3v) is 2.80. The highest BCUT2D eigenvalue weighted by Crippen LogP contribution is 2.16. The van der Waals surface area contributed by atoms with Gasteiger partial charge in [-0.25, -0.2) is 4.99 Å². The molecule has 0 aliphatic carbocycles. The molecule has 0 heterocycles. The first-order valence-corrected chi connectivity index (χ1v) is 6.40. The van der Waals surface area contributed by atoms with Gasteiger partial charge in [0.05, 0.1) is 6.54 Å². The van der Waals surface area contributed by atoms with E-state index in [2.05, 4.69) is 16.9 Å². The van der Waals surface area contributed by atoms with Crippen molar-refractivity contribution < 1.29 is 0 Å². The largest absolute Gasteiger partial charge is 0.357 e. The predicted octanol–water partition coefficient (Wildman–Crippen LogP) is 3.54. The van der Waals surface area contributed by atoms with Crippen LogP contribution in [0.4, 0.5) is 0 Å². The van der Waals surface area contributed by atoms with Crippen LogP contribution < -0.4 is 5.32 Å². The Kier molecular flexibility index (Phi) is 9.69. The van der Waals surface area contributed by atoms with Crippen LogP contribution in [-0.2, 0) is 6.54 Å². The van der Waals surface area contributed by atoms with E-state index in [1.807, 2.05) is 43.1 Å². The zero-order valence-electron chi connectivity index (χ0n) is 11.4. The van der Waals surface area contributed by atoms with Gasteiger partial charge in [0.25, 0.3) is 0 Å². The van der Waals surface area contributed by atoms with Gasteiger partial charge >= 0.3 is 0 Å². The van der Waals surface area contributed by atoms with Crippen LogP contribution >= 0.6 is 35.6 Å². The topological polar surface area (TPSA) is 27.6 Å². The maximum atomic E-state index is 6.15. The molecular formula is C14H21ClIN3. The maximum absolute atomic E-state index is 6.15. The van der Waals surface area contributed by atoms with Crippen molar-refractivity contribution in [2.45, 2.75) is 13.5 Å². The number of benzene rings is 1. The normalized spacial score (nSPS) is 10.6. The highest BCUT2D eigenvalue weighted by Gasteiger charge is 2.07. The van der Waals surface area contributed by atoms with Gasteiger partial charge in [-0.15, -0.1) is 30.6 Å². The molecule has 1 aromatic rings. The van der Waals surface area contributed by atoms with Crippen molar-refractivity contribution in [1.29, 1.82) is 0 Å². The van der Waals surface area contributed by atoms with Crippen molar-refractivity contribution in [2.75, 3.05) is 20.1 Å². The van der Waals surface area contributed by atoms with E-state index in [4.69, 9.17) is 11.6 Å². The fourth-order valence-electron chi connectivity index (χ4n) is 1.58. The van der Waals surface area contributed by atoms with Gasteiger partial charge in [-0.1, -0.05) is 35.9 Å². The minimum Gasteiger partial charge on any atom is -0.357 e. The summed E-state index contributed by atoms with van der Waals surface area (Å²) >= 11 is 6.15. The fourth-order valence-corrected chi connectivity index (χ4v) is 1.77. The summed E-state index contributed by atoms with van der Waals surface area (Å²) in [4.78, 5) is 6.48. The molecule has 0 amide bonds. The van der Waals surface area contributed by atoms with Gasteiger partial charge in [0.2, 0.25) is 0 Å². The van der Waals surface area contributed by atoms with E-state index in [-0.39, 0.29) is 24.0 Å². The number of aliphatic imine (C=N–C) groups is 1. The van der Waals surface area contributed by atoms with E-state index >= 15 is 0 Å². The molecule has 1 N–H and O–H groups in total. The summed E-state index contributed by atoms with van der Waals surface area (Å²) in [6.07, 6.45) is 1.78. The predicted molar refractivity (Wildman–Crippen MR) is 94.5 cm³/mol. The van der Waals surface area contributed by atoms with E-state index < -0.39 is 0 Å². The second-order valence-electron chi connectivity index (χ2n) is 3.93. The molecule has 5 heteroatoms. The van der Waals surface area contributed by atoms with Crippen LogP contribution in [0.15, 0.2) is 41.9 Å². The lowest BCUT2D eigenvalue weighted by atomic mass is 10.2. The SMILES string of the molecule is C=CCN=C(NCC)N(C)Cc1ccccc1Cl.I. The van der Waals surface area contributed by atoms with E-state index in [1.165, 1.54) is 0 Å². The van der Waals surface area contributed by atoms with Crippen LogP contribution in [0, 0.1) is 0 Å². The van der Waals surface area contributed by atoms with Gasteiger partial charge in [-0.3, -0.25) is 0 Å². The van der Waals surface area contributed by atoms with E-state index in [1.54, 1.807) is 6.08 Å². The van der Waals surface area contributed by atoms with Crippen LogP contribution in [0.2, 0.25) is 5.02 Å². The number of rotatable bonds is 5. The summed E-state index contributed by atoms with van der Waals surface area (Å²) < 4.78 is 0. The first kappa shape index (κ1) is 18.2. The summed E-state index contributed by atoms with van der Waals surface area (Å²) in [6.45, 7) is 7.89. The number of nitrogens with one attached hydrogen (secondary N) is 1. The molecule has 19 heavy (non-hydrogen) atoms. The van der Waals surface area contributed by atoms with E-state index in [0.717, 1.165) is 29.6 Å². The lowest BCUT2D eigenvalue weighted by molar-refractivity contribution is 0.478. The highest BCUT2D eigenvalue weighted by molar-refractivity contribution is 14.0. The number of halogens is 2. The standard InChI is InChI=1S/C14H20ClN3.HI/c1-4-10-17-14(16-5-2)18(3)11-12-8-6-7-9-13(12)15;/h4,6-9H,1,5,10-11H2,2-3H3,(H,16,17);1H. The molecule has 0 aliphatic heterocycles. The third-order valence-electron chi connectivity index (χ3n) is 2.43. The van der Waals surface area contributed by atoms with Crippen molar-refractivity contribution in [3.05, 3.63) is 47.5 Å². The van der Waals surface area contributed by atoms with Gasteiger partial charge in [-0.2, -0.15) is 0 Å². The molecule has 0 saturated heterocycles. The first-order chi connectivity index (χ1) is 8.69. The Balaban J connectivity index is 0.00000324. The smallest absolute Gasteiger partial charge is 0.194 e. The summed E-state index contributed by atoms with van der Waals surface area (Å²) in [7, 11) is 1.99. The first-order valence-electron chi connectivity index (χ1n) is 6.02. The molecule has 0 aliphatic rings. The van der Waals surface area contributed by atoms with Crippen molar-refractivity contribution in [1.82, 2.24) is 10.2 Å². The van der Waals surface area contributed by atoms with Crippen LogP contribution in [0.3, 0.4) is 0 Å². The van der Waals surface area contributed by atoms with Crippen LogP contribution in [0.1, 0.15) is 12.5 Å². The Morgan fingerprint density at radius 3 is 2.74 bits per heavy atom. The monoisotopic (exact) mass is 393 g/mol. The summed E-state index contributed by atoms with van der Waals surface area (Å²) in [5.74, 6) is 0.859. The minimum atomic E-state index is 0. The number of nitrogens with zero attached hydrogens (tertiary/aromatic N) is 2. The molecule has 106 valence electrons. The quantitative estimate of drug-likeness (QED) is 0.359. The number of hydrogen-bond acceptors (Lipinski definition) is 1. The van der Waals surface area contributed by atoms with Gasteiger partial charge in [0, 0.05) is 25.2 Å². The Morgan fingerprint density at radius 2 is 2.16 bits per heavy atom. The summed E-state index contributed by atoms with van der Waals surface area (Å²) in [5.41, 5.74) is 1.09. The fraction of sp³-hybridized carbons (Fsp3) is 0.357. The van der Waals surface area contributed by atoms with Crippen molar-refractivity contribution in [3.63, 3.8) is 0 Å². The lowest BCUT2D eigenvalue weighted by Gasteiger charge is -2.22. The Labute approximate surface area is 137 Å². The summed E-state index contributed by atoms with van der Waals surface area (Å²) in [5, 5.41) is 4.02. The van der Waals surface area contributed by atoms with Gasteiger partial charge in [0.1, 0.15) is 0 Å². The molecule has 0 radical (unpaired) electrons. The van der Waals surface area contributed by atoms with Crippen LogP contribution in [0.5, 0.6) is 0 Å². The Bertz CT molecular complexity index is 421. The Morgan fingerprint density at radius 1 is 1.47 bits per heavy atom. The maximum Gasteiger partial charge on any atom is 0.194 e. The molecule has 1 aromatic carbocycles. The Hall–Kier alpha value is -0.750. The van der Waals surface area contributed by atoms with Crippen molar-refractivity contribution in [2.24, 2.45) is 4.99 Å². The van der Waals surface area contributed by atoms with Gasteiger partial charge in [0.15, 0.2) is 5.96 Å². The molecular weight excluding hydrogens is 373 g/mol. The average Bonchev–Trinajstić information content (AvgIpc) is 2.37. The minimum absolute atomic E-state index is 0. The zero-order chi connectivity index (χ0) is 13.4. The molecule has 0 fully saturated rings. The van der Waals surface area contributed by atoms with Crippen molar-refractivity contribution in [3.8, 4) is 0 Å². The molecule has 3 nitrogen and oxygen atoms in total. The highest BCUT2D eigenvalue weighted by atomic mass is 127. The van der Waals surface area contributed by atoms with Crippen LogP contribution in [-0.4, -0.2) is 31.0 Å². The average molecular weight is 394 g/mol. The number of guanidine groups is 1. The molecule has 0 saturated carbocycles. The number of hydrogen-bond donors (Lipinski definition) is 1. The molecule has 0 spiro atoms. The second-order valence-corrected chi connectivity index (χ2v) is 4.34.